The Hall–Kier alpha value is -1.33. The van der Waals surface area contributed by atoms with Gasteiger partial charge in [-0.05, 0) is 45.6 Å². The van der Waals surface area contributed by atoms with Crippen molar-refractivity contribution in [3.8, 4) is 0 Å². The molecule has 0 aliphatic carbocycles. The van der Waals surface area contributed by atoms with E-state index in [-0.39, 0.29) is 11.9 Å². The number of nitrogens with two attached hydrogens (primary N) is 1. The van der Waals surface area contributed by atoms with Gasteiger partial charge in [-0.3, -0.25) is 9.97 Å². The molecule has 0 radical (unpaired) electrons. The molecule has 2 heterocycles. The highest BCUT2D eigenvalue weighted by Gasteiger charge is 2.09. The van der Waals surface area contributed by atoms with E-state index in [0.717, 1.165) is 16.2 Å². The molecule has 1 atom stereocenters. The second-order valence-electron chi connectivity index (χ2n) is 3.76. The Morgan fingerprint density at radius 1 is 1.18 bits per heavy atom. The molecular weight excluding hydrogens is 285 g/mol. The average molecular weight is 296 g/mol. The van der Waals surface area contributed by atoms with E-state index in [2.05, 4.69) is 25.9 Å². The minimum absolute atomic E-state index is 0.283. The summed E-state index contributed by atoms with van der Waals surface area (Å²) in [5.41, 5.74) is 7.68. The molecule has 3 nitrogen and oxygen atoms in total. The smallest absolute Gasteiger partial charge is 0.141 e. The number of nitrogens with zero attached hydrogens (tertiary/aromatic N) is 2. The molecule has 0 bridgehead atoms. The Bertz CT molecular complexity index is 519. The Balaban J connectivity index is 2.14. The second kappa shape index (κ2) is 5.33. The van der Waals surface area contributed by atoms with E-state index in [1.54, 1.807) is 18.6 Å². The van der Waals surface area contributed by atoms with Crippen LogP contribution in [0.1, 0.15) is 17.2 Å². The van der Waals surface area contributed by atoms with Gasteiger partial charge in [-0.1, -0.05) is 0 Å². The molecule has 0 aromatic carbocycles. The summed E-state index contributed by atoms with van der Waals surface area (Å²) in [6.07, 6.45) is 6.80. The molecule has 1 unspecified atom stereocenters. The Morgan fingerprint density at radius 3 is 2.65 bits per heavy atom. The molecule has 0 aliphatic heterocycles. The monoisotopic (exact) mass is 295 g/mol. The number of aromatic nitrogens is 2. The fourth-order valence-electron chi connectivity index (χ4n) is 1.57. The van der Waals surface area contributed by atoms with Crippen molar-refractivity contribution < 1.29 is 4.39 Å². The molecule has 2 N–H and O–H groups in total. The molecule has 0 saturated heterocycles. The van der Waals surface area contributed by atoms with Crippen LogP contribution in [-0.2, 0) is 6.42 Å². The first kappa shape index (κ1) is 12.1. The van der Waals surface area contributed by atoms with Crippen molar-refractivity contribution in [1.29, 1.82) is 0 Å². The molecule has 5 heteroatoms. The first-order valence-electron chi connectivity index (χ1n) is 5.10. The fourth-order valence-corrected chi connectivity index (χ4v) is 1.98. The van der Waals surface area contributed by atoms with Gasteiger partial charge in [0.2, 0.25) is 0 Å². The van der Waals surface area contributed by atoms with Gasteiger partial charge in [0, 0.05) is 29.1 Å². The molecule has 0 saturated carbocycles. The summed E-state index contributed by atoms with van der Waals surface area (Å²) >= 11 is 3.34. The van der Waals surface area contributed by atoms with Gasteiger partial charge in [-0.2, -0.15) is 0 Å². The molecule has 2 aromatic rings. The van der Waals surface area contributed by atoms with Crippen molar-refractivity contribution in [2.24, 2.45) is 5.73 Å². The highest BCUT2D eigenvalue weighted by atomic mass is 79.9. The zero-order chi connectivity index (χ0) is 12.3. The summed E-state index contributed by atoms with van der Waals surface area (Å²) < 4.78 is 13.9. The lowest BCUT2D eigenvalue weighted by Crippen LogP contribution is -2.14. The molecule has 88 valence electrons. The van der Waals surface area contributed by atoms with Crippen LogP contribution in [0.3, 0.4) is 0 Å². The van der Waals surface area contributed by atoms with Crippen molar-refractivity contribution in [2.75, 3.05) is 0 Å². The van der Waals surface area contributed by atoms with Crippen molar-refractivity contribution in [3.05, 3.63) is 58.3 Å². The number of rotatable bonds is 3. The van der Waals surface area contributed by atoms with E-state index >= 15 is 0 Å². The van der Waals surface area contributed by atoms with E-state index in [0.29, 0.717) is 12.0 Å². The van der Waals surface area contributed by atoms with Gasteiger partial charge in [-0.15, -0.1) is 0 Å². The zero-order valence-corrected chi connectivity index (χ0v) is 10.6. The van der Waals surface area contributed by atoms with Crippen LogP contribution in [0.4, 0.5) is 4.39 Å². The predicted molar refractivity (Wildman–Crippen MR) is 66.8 cm³/mol. The van der Waals surface area contributed by atoms with Gasteiger partial charge in [0.15, 0.2) is 0 Å². The SMILES string of the molecule is NC(Cc1cncc(Br)c1)c1cncc(F)c1. The number of halogens is 2. The van der Waals surface area contributed by atoms with Gasteiger partial charge in [0.05, 0.1) is 6.20 Å². The van der Waals surface area contributed by atoms with Crippen molar-refractivity contribution in [3.63, 3.8) is 0 Å². The van der Waals surface area contributed by atoms with Crippen LogP contribution in [-0.4, -0.2) is 9.97 Å². The maximum absolute atomic E-state index is 13.0. The highest BCUT2D eigenvalue weighted by Crippen LogP contribution is 2.17. The molecule has 0 amide bonds. The third kappa shape index (κ3) is 3.31. The van der Waals surface area contributed by atoms with E-state index in [4.69, 9.17) is 5.73 Å². The van der Waals surface area contributed by atoms with E-state index in [9.17, 15) is 4.39 Å². The minimum atomic E-state index is -0.370. The minimum Gasteiger partial charge on any atom is -0.324 e. The molecule has 0 spiro atoms. The van der Waals surface area contributed by atoms with E-state index in [1.165, 1.54) is 6.07 Å². The van der Waals surface area contributed by atoms with Crippen LogP contribution < -0.4 is 5.73 Å². The first-order chi connectivity index (χ1) is 8.15. The summed E-state index contributed by atoms with van der Waals surface area (Å²) in [4.78, 5) is 7.84. The standard InChI is InChI=1S/C12H11BrFN3/c13-10-1-8(4-16-6-10)2-12(15)9-3-11(14)7-17-5-9/h1,3-7,12H,2,15H2. The highest BCUT2D eigenvalue weighted by molar-refractivity contribution is 9.10. The van der Waals surface area contributed by atoms with Crippen LogP contribution in [0.25, 0.3) is 0 Å². The van der Waals surface area contributed by atoms with Crippen LogP contribution in [0.2, 0.25) is 0 Å². The quantitative estimate of drug-likeness (QED) is 0.947. The largest absolute Gasteiger partial charge is 0.324 e. The third-order valence-corrected chi connectivity index (χ3v) is 2.80. The fraction of sp³-hybridized carbons (Fsp3) is 0.167. The van der Waals surface area contributed by atoms with E-state index < -0.39 is 0 Å². The molecule has 0 fully saturated rings. The summed E-state index contributed by atoms with van der Waals surface area (Å²) in [5, 5.41) is 0. The molecular formula is C12H11BrFN3. The molecule has 17 heavy (non-hydrogen) atoms. The normalized spacial score (nSPS) is 12.4. The Morgan fingerprint density at radius 2 is 1.94 bits per heavy atom. The summed E-state index contributed by atoms with van der Waals surface area (Å²) in [7, 11) is 0. The van der Waals surface area contributed by atoms with Gasteiger partial charge in [-0.25, -0.2) is 4.39 Å². The molecule has 2 rings (SSSR count). The van der Waals surface area contributed by atoms with Gasteiger partial charge >= 0.3 is 0 Å². The Kier molecular flexibility index (Phi) is 3.81. The van der Waals surface area contributed by atoms with Crippen LogP contribution in [0.15, 0.2) is 41.4 Å². The summed E-state index contributed by atoms with van der Waals surface area (Å²) in [6.45, 7) is 0. The van der Waals surface area contributed by atoms with E-state index in [1.807, 2.05) is 6.07 Å². The van der Waals surface area contributed by atoms with Gasteiger partial charge < -0.3 is 5.73 Å². The maximum atomic E-state index is 13.0. The first-order valence-corrected chi connectivity index (χ1v) is 5.90. The maximum Gasteiger partial charge on any atom is 0.141 e. The number of hydrogen-bond acceptors (Lipinski definition) is 3. The topological polar surface area (TPSA) is 51.8 Å². The van der Waals surface area contributed by atoms with Crippen LogP contribution >= 0.6 is 15.9 Å². The van der Waals surface area contributed by atoms with Crippen LogP contribution in [0.5, 0.6) is 0 Å². The summed E-state index contributed by atoms with van der Waals surface area (Å²) in [5.74, 6) is -0.370. The second-order valence-corrected chi connectivity index (χ2v) is 4.67. The predicted octanol–water partition coefficient (Wildman–Crippen LogP) is 2.62. The lowest BCUT2D eigenvalue weighted by molar-refractivity contribution is 0.610. The van der Waals surface area contributed by atoms with Crippen molar-refractivity contribution in [2.45, 2.75) is 12.5 Å². The molecule has 2 aromatic heterocycles. The summed E-state index contributed by atoms with van der Waals surface area (Å²) in [6, 6.07) is 3.07. The molecule has 0 aliphatic rings. The average Bonchev–Trinajstić information content (AvgIpc) is 2.29. The van der Waals surface area contributed by atoms with Crippen molar-refractivity contribution >= 4 is 15.9 Å². The lowest BCUT2D eigenvalue weighted by atomic mass is 10.0. The Labute approximate surface area is 107 Å². The number of hydrogen-bond donors (Lipinski definition) is 1. The third-order valence-electron chi connectivity index (χ3n) is 2.37. The van der Waals surface area contributed by atoms with Crippen LogP contribution in [0, 0.1) is 5.82 Å². The number of pyridine rings is 2. The van der Waals surface area contributed by atoms with Gasteiger partial charge in [0.1, 0.15) is 5.82 Å². The van der Waals surface area contributed by atoms with Crippen molar-refractivity contribution in [1.82, 2.24) is 9.97 Å². The zero-order valence-electron chi connectivity index (χ0n) is 8.98. The lowest BCUT2D eigenvalue weighted by Gasteiger charge is -2.11. The van der Waals surface area contributed by atoms with Gasteiger partial charge in [0.25, 0.3) is 0 Å².